The minimum Gasteiger partial charge on any atom is -0.352 e. The number of hydrogen-bond acceptors (Lipinski definition) is 1. The van der Waals surface area contributed by atoms with Crippen molar-refractivity contribution in [2.45, 2.75) is 41.0 Å². The molecule has 2 heteroatoms. The summed E-state index contributed by atoms with van der Waals surface area (Å²) in [7, 11) is 0. The van der Waals surface area contributed by atoms with E-state index in [0.29, 0.717) is 18.4 Å². The summed E-state index contributed by atoms with van der Waals surface area (Å²) < 4.78 is 0. The van der Waals surface area contributed by atoms with E-state index in [1.54, 1.807) is 6.92 Å². The van der Waals surface area contributed by atoms with Gasteiger partial charge in [0.1, 0.15) is 0 Å². The maximum Gasteiger partial charge on any atom is 0.217 e. The average molecular weight is 223 g/mol. The van der Waals surface area contributed by atoms with Crippen LogP contribution in [0.1, 0.15) is 41.0 Å². The lowest BCUT2D eigenvalue weighted by Crippen LogP contribution is -2.22. The second-order valence-corrected chi connectivity index (χ2v) is 4.64. The highest BCUT2D eigenvalue weighted by Gasteiger charge is 1.99. The Morgan fingerprint density at radius 2 is 1.94 bits per heavy atom. The molecule has 16 heavy (non-hydrogen) atoms. The van der Waals surface area contributed by atoms with E-state index < -0.39 is 0 Å². The van der Waals surface area contributed by atoms with E-state index in [1.165, 1.54) is 5.57 Å². The van der Waals surface area contributed by atoms with Gasteiger partial charge in [0.25, 0.3) is 0 Å². The molecule has 2 nitrogen and oxygen atoms in total. The van der Waals surface area contributed by atoms with Crippen molar-refractivity contribution in [3.05, 3.63) is 23.8 Å². The van der Waals surface area contributed by atoms with E-state index in [2.05, 4.69) is 51.2 Å². The van der Waals surface area contributed by atoms with Crippen LogP contribution in [0.25, 0.3) is 0 Å². The minimum atomic E-state index is 0.0213. The van der Waals surface area contributed by atoms with Gasteiger partial charge in [-0.2, -0.15) is 0 Å². The number of hydrogen-bond donors (Lipinski definition) is 1. The predicted octanol–water partition coefficient (Wildman–Crippen LogP) is 3.31. The standard InChI is InChI=1S/C14H25NO/c1-6-12(4)9-14(8-7-11(2)3)10-15-13(5)16/h7-9,11-12H,6,10H2,1-5H3,(H,15,16)/b8-7-,14-9+. The Labute approximate surface area is 99.8 Å². The maximum absolute atomic E-state index is 10.9. The zero-order chi connectivity index (χ0) is 12.6. The summed E-state index contributed by atoms with van der Waals surface area (Å²) >= 11 is 0. The second kappa shape index (κ2) is 8.14. The smallest absolute Gasteiger partial charge is 0.217 e. The molecule has 0 saturated carbocycles. The van der Waals surface area contributed by atoms with Crippen molar-refractivity contribution >= 4 is 5.91 Å². The Morgan fingerprint density at radius 3 is 2.38 bits per heavy atom. The van der Waals surface area contributed by atoms with Gasteiger partial charge in [-0.3, -0.25) is 4.79 Å². The zero-order valence-electron chi connectivity index (χ0n) is 11.2. The molecule has 92 valence electrons. The van der Waals surface area contributed by atoms with E-state index in [4.69, 9.17) is 0 Å². The maximum atomic E-state index is 10.9. The number of rotatable bonds is 6. The topological polar surface area (TPSA) is 29.1 Å². The summed E-state index contributed by atoms with van der Waals surface area (Å²) in [5.41, 5.74) is 1.19. The van der Waals surface area contributed by atoms with Crippen LogP contribution < -0.4 is 5.32 Å². The molecule has 0 rings (SSSR count). The molecule has 1 amide bonds. The fraction of sp³-hybridized carbons (Fsp3) is 0.643. The number of allylic oxidation sites excluding steroid dienone is 2. The quantitative estimate of drug-likeness (QED) is 0.688. The van der Waals surface area contributed by atoms with Gasteiger partial charge in [-0.1, -0.05) is 52.3 Å². The van der Waals surface area contributed by atoms with E-state index >= 15 is 0 Å². The number of amides is 1. The van der Waals surface area contributed by atoms with Crippen molar-refractivity contribution in [2.24, 2.45) is 11.8 Å². The van der Waals surface area contributed by atoms with Gasteiger partial charge in [0, 0.05) is 13.5 Å². The third-order valence-electron chi connectivity index (χ3n) is 2.38. The third kappa shape index (κ3) is 8.27. The van der Waals surface area contributed by atoms with Gasteiger partial charge in [-0.25, -0.2) is 0 Å². The number of nitrogens with one attached hydrogen (secondary N) is 1. The van der Waals surface area contributed by atoms with Crippen LogP contribution in [0.3, 0.4) is 0 Å². The van der Waals surface area contributed by atoms with Crippen LogP contribution >= 0.6 is 0 Å². The first kappa shape index (κ1) is 14.9. The summed E-state index contributed by atoms with van der Waals surface area (Å²) in [6.45, 7) is 10.8. The molecule has 0 aliphatic carbocycles. The molecule has 1 N–H and O–H groups in total. The molecule has 0 saturated heterocycles. The van der Waals surface area contributed by atoms with Crippen molar-refractivity contribution in [1.82, 2.24) is 5.32 Å². The Hall–Kier alpha value is -1.05. The molecule has 0 aromatic heterocycles. The van der Waals surface area contributed by atoms with E-state index in [-0.39, 0.29) is 5.91 Å². The lowest BCUT2D eigenvalue weighted by atomic mass is 10.0. The Morgan fingerprint density at radius 1 is 1.31 bits per heavy atom. The largest absolute Gasteiger partial charge is 0.352 e. The second-order valence-electron chi connectivity index (χ2n) is 4.64. The van der Waals surface area contributed by atoms with Gasteiger partial charge >= 0.3 is 0 Å². The van der Waals surface area contributed by atoms with Crippen LogP contribution in [-0.4, -0.2) is 12.5 Å². The zero-order valence-corrected chi connectivity index (χ0v) is 11.2. The molecule has 1 unspecified atom stereocenters. The molecular formula is C14H25NO. The van der Waals surface area contributed by atoms with Crippen LogP contribution in [0, 0.1) is 11.8 Å². The summed E-state index contributed by atoms with van der Waals surface area (Å²) in [4.78, 5) is 10.9. The highest BCUT2D eigenvalue weighted by atomic mass is 16.1. The molecule has 1 atom stereocenters. The summed E-state index contributed by atoms with van der Waals surface area (Å²) in [5.74, 6) is 1.12. The van der Waals surface area contributed by atoms with Crippen molar-refractivity contribution in [1.29, 1.82) is 0 Å². The average Bonchev–Trinajstić information content (AvgIpc) is 2.21. The fourth-order valence-corrected chi connectivity index (χ4v) is 1.20. The fourth-order valence-electron chi connectivity index (χ4n) is 1.20. The van der Waals surface area contributed by atoms with E-state index in [1.807, 2.05) is 0 Å². The Bertz CT molecular complexity index is 264. The minimum absolute atomic E-state index is 0.0213. The molecule has 0 bridgehead atoms. The number of carbonyl (C=O) groups is 1. The molecule has 0 aromatic rings. The molecular weight excluding hydrogens is 198 g/mol. The van der Waals surface area contributed by atoms with Gasteiger partial charge in [0.05, 0.1) is 0 Å². The molecule has 0 aliphatic heterocycles. The van der Waals surface area contributed by atoms with Gasteiger partial charge in [0.2, 0.25) is 5.91 Å². The number of carbonyl (C=O) groups excluding carboxylic acids is 1. The molecule has 0 radical (unpaired) electrons. The monoisotopic (exact) mass is 223 g/mol. The molecule has 0 aliphatic rings. The van der Waals surface area contributed by atoms with Crippen LogP contribution in [-0.2, 0) is 4.79 Å². The van der Waals surface area contributed by atoms with Gasteiger partial charge in [-0.15, -0.1) is 0 Å². The Kier molecular flexibility index (Phi) is 7.61. The van der Waals surface area contributed by atoms with Crippen molar-refractivity contribution in [3.8, 4) is 0 Å². The predicted molar refractivity (Wildman–Crippen MR) is 70.2 cm³/mol. The van der Waals surface area contributed by atoms with Gasteiger partial charge < -0.3 is 5.32 Å². The van der Waals surface area contributed by atoms with Crippen LogP contribution in [0.15, 0.2) is 23.8 Å². The summed E-state index contributed by atoms with van der Waals surface area (Å²) in [6, 6.07) is 0. The SMILES string of the molecule is CCC(C)/C=C(\C=C/C(C)C)CNC(C)=O. The third-order valence-corrected chi connectivity index (χ3v) is 2.38. The highest BCUT2D eigenvalue weighted by Crippen LogP contribution is 2.09. The normalized spacial score (nSPS) is 14.5. The van der Waals surface area contributed by atoms with Crippen molar-refractivity contribution in [3.63, 3.8) is 0 Å². The molecule has 0 heterocycles. The Balaban J connectivity index is 4.49. The first-order chi connectivity index (χ1) is 7.45. The highest BCUT2D eigenvalue weighted by molar-refractivity contribution is 5.73. The van der Waals surface area contributed by atoms with Crippen molar-refractivity contribution in [2.75, 3.05) is 6.54 Å². The molecule has 0 spiro atoms. The first-order valence-electron chi connectivity index (χ1n) is 6.09. The molecule has 0 fully saturated rings. The van der Waals surface area contributed by atoms with Gasteiger partial charge in [0.15, 0.2) is 0 Å². The lowest BCUT2D eigenvalue weighted by Gasteiger charge is -2.08. The van der Waals surface area contributed by atoms with Crippen molar-refractivity contribution < 1.29 is 4.79 Å². The van der Waals surface area contributed by atoms with Crippen LogP contribution in [0.5, 0.6) is 0 Å². The van der Waals surface area contributed by atoms with Crippen LogP contribution in [0.4, 0.5) is 0 Å². The van der Waals surface area contributed by atoms with Crippen LogP contribution in [0.2, 0.25) is 0 Å². The summed E-state index contributed by atoms with van der Waals surface area (Å²) in [5, 5.41) is 2.84. The van der Waals surface area contributed by atoms with E-state index in [9.17, 15) is 4.79 Å². The lowest BCUT2D eigenvalue weighted by molar-refractivity contribution is -0.118. The molecule has 0 aromatic carbocycles. The van der Waals surface area contributed by atoms with Gasteiger partial charge in [-0.05, 0) is 17.4 Å². The summed E-state index contributed by atoms with van der Waals surface area (Å²) in [6.07, 6.45) is 7.64. The first-order valence-corrected chi connectivity index (χ1v) is 6.09. The van der Waals surface area contributed by atoms with E-state index in [0.717, 1.165) is 6.42 Å².